The molecule has 8 heteroatoms. The van der Waals surface area contributed by atoms with E-state index in [1.165, 1.54) is 7.11 Å². The maximum atomic E-state index is 13.1. The van der Waals surface area contributed by atoms with Gasteiger partial charge in [0.1, 0.15) is 17.1 Å². The van der Waals surface area contributed by atoms with E-state index in [2.05, 4.69) is 0 Å². The van der Waals surface area contributed by atoms with Gasteiger partial charge in [0, 0.05) is 24.0 Å². The minimum absolute atomic E-state index is 0.00863. The van der Waals surface area contributed by atoms with Crippen LogP contribution in [0.4, 0.5) is 0 Å². The topological polar surface area (TPSA) is 125 Å². The Hall–Kier alpha value is -3.29. The Kier molecular flexibility index (Phi) is 5.37. The smallest absolute Gasteiger partial charge is 0.341 e. The Morgan fingerprint density at radius 1 is 1.28 bits per heavy atom. The van der Waals surface area contributed by atoms with Crippen LogP contribution in [-0.4, -0.2) is 36.5 Å². The van der Waals surface area contributed by atoms with Gasteiger partial charge in [0.25, 0.3) is 0 Å². The second-order valence-electron chi connectivity index (χ2n) is 7.80. The molecule has 1 aromatic carbocycles. The van der Waals surface area contributed by atoms with Crippen LogP contribution in [0.15, 0.2) is 47.1 Å². The molecule has 0 saturated carbocycles. The number of ketones is 1. The summed E-state index contributed by atoms with van der Waals surface area (Å²) < 4.78 is 16.0. The number of aliphatic carboxylic acids is 1. The van der Waals surface area contributed by atoms with Crippen LogP contribution in [0.1, 0.15) is 38.2 Å². The van der Waals surface area contributed by atoms with Gasteiger partial charge in [-0.2, -0.15) is 0 Å². The lowest BCUT2D eigenvalue weighted by Crippen LogP contribution is -2.35. The molecule has 1 aliphatic heterocycles. The molecule has 0 radical (unpaired) electrons. The van der Waals surface area contributed by atoms with Crippen molar-refractivity contribution in [1.29, 1.82) is 0 Å². The lowest BCUT2D eigenvalue weighted by Gasteiger charge is -2.38. The van der Waals surface area contributed by atoms with Crippen LogP contribution >= 0.6 is 0 Å². The summed E-state index contributed by atoms with van der Waals surface area (Å²) in [5.74, 6) is -2.41. The molecular formula is C21H23NO7. The van der Waals surface area contributed by atoms with E-state index in [1.807, 2.05) is 13.8 Å². The number of allylic oxidation sites excluding steroid dienone is 2. The van der Waals surface area contributed by atoms with Crippen LogP contribution in [0.3, 0.4) is 0 Å². The third kappa shape index (κ3) is 3.96. The van der Waals surface area contributed by atoms with Crippen molar-refractivity contribution in [2.45, 2.75) is 32.6 Å². The fourth-order valence-electron chi connectivity index (χ4n) is 3.79. The van der Waals surface area contributed by atoms with Gasteiger partial charge in [-0.15, -0.1) is 0 Å². The zero-order chi connectivity index (χ0) is 21.3. The zero-order valence-corrected chi connectivity index (χ0v) is 16.5. The first kappa shape index (κ1) is 20.4. The van der Waals surface area contributed by atoms with Crippen LogP contribution < -0.4 is 10.5 Å². The second kappa shape index (κ2) is 7.62. The molecule has 1 heterocycles. The number of Topliss-reactive ketones (excluding diaryl/α,β-unsaturated/α-hetero) is 1. The molecule has 29 heavy (non-hydrogen) atoms. The van der Waals surface area contributed by atoms with Crippen LogP contribution in [0.25, 0.3) is 0 Å². The Labute approximate surface area is 167 Å². The predicted octanol–water partition coefficient (Wildman–Crippen LogP) is 2.25. The van der Waals surface area contributed by atoms with Crippen molar-refractivity contribution in [2.24, 2.45) is 11.1 Å². The number of carboxylic acid groups (broad SMARTS) is 1. The van der Waals surface area contributed by atoms with Crippen LogP contribution in [0.5, 0.6) is 5.75 Å². The highest BCUT2D eigenvalue weighted by Gasteiger charge is 2.45. The van der Waals surface area contributed by atoms with E-state index < -0.39 is 24.5 Å². The van der Waals surface area contributed by atoms with E-state index in [0.29, 0.717) is 23.3 Å². The minimum atomic E-state index is -1.15. The Morgan fingerprint density at radius 3 is 2.62 bits per heavy atom. The van der Waals surface area contributed by atoms with Gasteiger partial charge in [0.05, 0.1) is 13.0 Å². The number of nitrogens with two attached hydrogens (primary N) is 1. The Bertz CT molecular complexity index is 942. The highest BCUT2D eigenvalue weighted by atomic mass is 16.5. The number of hydrogen-bond donors (Lipinski definition) is 2. The maximum absolute atomic E-state index is 13.1. The molecule has 0 saturated heterocycles. The SMILES string of the molecule is COC(=O)C1=C(N)OC2=C(C(=O)CC(C)(C)C2)C1c1ccccc1OCC(=O)O. The average molecular weight is 401 g/mol. The van der Waals surface area contributed by atoms with Gasteiger partial charge in [0.15, 0.2) is 12.4 Å². The molecule has 1 atom stereocenters. The van der Waals surface area contributed by atoms with Gasteiger partial charge >= 0.3 is 11.9 Å². The molecule has 1 aromatic rings. The van der Waals surface area contributed by atoms with Crippen molar-refractivity contribution in [3.8, 4) is 5.75 Å². The van der Waals surface area contributed by atoms with Crippen molar-refractivity contribution in [2.75, 3.05) is 13.7 Å². The number of para-hydroxylation sites is 1. The monoisotopic (exact) mass is 401 g/mol. The summed E-state index contributed by atoms with van der Waals surface area (Å²) in [6.07, 6.45) is 0.746. The fraction of sp³-hybridized carbons (Fsp3) is 0.381. The van der Waals surface area contributed by atoms with E-state index in [9.17, 15) is 14.4 Å². The van der Waals surface area contributed by atoms with Gasteiger partial charge in [0.2, 0.25) is 5.88 Å². The summed E-state index contributed by atoms with van der Waals surface area (Å²) in [5, 5.41) is 8.97. The summed E-state index contributed by atoms with van der Waals surface area (Å²) in [7, 11) is 1.21. The summed E-state index contributed by atoms with van der Waals surface area (Å²) >= 11 is 0. The Balaban J connectivity index is 2.19. The van der Waals surface area contributed by atoms with E-state index in [1.54, 1.807) is 24.3 Å². The van der Waals surface area contributed by atoms with Gasteiger partial charge in [-0.25, -0.2) is 9.59 Å². The molecule has 3 N–H and O–H groups in total. The molecule has 0 bridgehead atoms. The largest absolute Gasteiger partial charge is 0.482 e. The molecule has 0 aromatic heterocycles. The lowest BCUT2D eigenvalue weighted by atomic mass is 9.70. The molecule has 0 amide bonds. The summed E-state index contributed by atoms with van der Waals surface area (Å²) in [5.41, 5.74) is 6.52. The highest BCUT2D eigenvalue weighted by molar-refractivity contribution is 6.03. The van der Waals surface area contributed by atoms with Crippen molar-refractivity contribution < 1.29 is 33.7 Å². The van der Waals surface area contributed by atoms with Gasteiger partial charge in [-0.1, -0.05) is 32.0 Å². The first-order chi connectivity index (χ1) is 13.6. The van der Waals surface area contributed by atoms with Crippen molar-refractivity contribution in [1.82, 2.24) is 0 Å². The Morgan fingerprint density at radius 2 is 1.97 bits per heavy atom. The van der Waals surface area contributed by atoms with E-state index in [0.717, 1.165) is 0 Å². The number of carbonyl (C=O) groups excluding carboxylic acids is 2. The molecule has 0 spiro atoms. The third-order valence-corrected chi connectivity index (χ3v) is 4.94. The van der Waals surface area contributed by atoms with E-state index in [4.69, 9.17) is 25.1 Å². The zero-order valence-electron chi connectivity index (χ0n) is 16.5. The molecule has 154 valence electrons. The summed E-state index contributed by atoms with van der Waals surface area (Å²) in [6, 6.07) is 6.63. The molecule has 2 aliphatic rings. The van der Waals surface area contributed by atoms with E-state index in [-0.39, 0.29) is 34.8 Å². The summed E-state index contributed by atoms with van der Waals surface area (Å²) in [6.45, 7) is 3.33. The standard InChI is InChI=1S/C21H23NO7/c1-21(2)8-12(23)17-14(9-21)29-19(22)18(20(26)27-3)16(17)11-6-4-5-7-13(11)28-10-15(24)25/h4-7,16H,8-10,22H2,1-3H3,(H,24,25). The van der Waals surface area contributed by atoms with Gasteiger partial charge < -0.3 is 25.1 Å². The number of carbonyl (C=O) groups is 3. The van der Waals surface area contributed by atoms with Crippen molar-refractivity contribution in [3.05, 3.63) is 52.6 Å². The number of benzene rings is 1. The molecule has 1 unspecified atom stereocenters. The molecule has 8 nitrogen and oxygen atoms in total. The second-order valence-corrected chi connectivity index (χ2v) is 7.80. The number of hydrogen-bond acceptors (Lipinski definition) is 7. The number of rotatable bonds is 5. The molecule has 0 fully saturated rings. The van der Waals surface area contributed by atoms with Crippen molar-refractivity contribution in [3.63, 3.8) is 0 Å². The maximum Gasteiger partial charge on any atom is 0.341 e. The summed E-state index contributed by atoms with van der Waals surface area (Å²) in [4.78, 5) is 36.6. The number of ether oxygens (including phenoxy) is 3. The number of esters is 1. The van der Waals surface area contributed by atoms with Gasteiger partial charge in [-0.05, 0) is 11.5 Å². The lowest BCUT2D eigenvalue weighted by molar-refractivity contribution is -0.139. The first-order valence-electron chi connectivity index (χ1n) is 9.10. The van der Waals surface area contributed by atoms with Crippen LogP contribution in [0.2, 0.25) is 0 Å². The highest BCUT2D eigenvalue weighted by Crippen LogP contribution is 2.49. The molecule has 3 rings (SSSR count). The van der Waals surface area contributed by atoms with Gasteiger partial charge in [-0.3, -0.25) is 4.79 Å². The van der Waals surface area contributed by atoms with Crippen LogP contribution in [0, 0.1) is 5.41 Å². The third-order valence-electron chi connectivity index (χ3n) is 4.94. The first-order valence-corrected chi connectivity index (χ1v) is 9.10. The van der Waals surface area contributed by atoms with E-state index >= 15 is 0 Å². The quantitative estimate of drug-likeness (QED) is 0.720. The van der Waals surface area contributed by atoms with Crippen LogP contribution in [-0.2, 0) is 23.9 Å². The average Bonchev–Trinajstić information content (AvgIpc) is 2.63. The van der Waals surface area contributed by atoms with Crippen molar-refractivity contribution >= 4 is 17.7 Å². The minimum Gasteiger partial charge on any atom is -0.482 e. The number of methoxy groups -OCH3 is 1. The normalized spacial score (nSPS) is 20.7. The predicted molar refractivity (Wildman–Crippen MR) is 102 cm³/mol. The molecule has 1 aliphatic carbocycles. The number of carboxylic acids is 1. The molecular weight excluding hydrogens is 378 g/mol. The fourth-order valence-corrected chi connectivity index (χ4v) is 3.79.